The number of piperazine rings is 1. The Hall–Kier alpha value is -1.18. The fourth-order valence-corrected chi connectivity index (χ4v) is 4.45. The molecule has 26 heavy (non-hydrogen) atoms. The molecule has 0 bridgehead atoms. The molecule has 1 saturated carbocycles. The van der Waals surface area contributed by atoms with Gasteiger partial charge in [0.05, 0.1) is 12.0 Å². The molecule has 8 heteroatoms. The summed E-state index contributed by atoms with van der Waals surface area (Å²) in [6.07, 6.45) is 5.22. The molecule has 0 aromatic carbocycles. The van der Waals surface area contributed by atoms with Gasteiger partial charge < -0.3 is 14.7 Å². The van der Waals surface area contributed by atoms with Gasteiger partial charge in [0.15, 0.2) is 5.82 Å². The van der Waals surface area contributed by atoms with Crippen LogP contribution in [-0.2, 0) is 4.79 Å². The first-order chi connectivity index (χ1) is 12.1. The lowest BCUT2D eigenvalue weighted by atomic mass is 9.87. The summed E-state index contributed by atoms with van der Waals surface area (Å²) in [6.45, 7) is 5.85. The van der Waals surface area contributed by atoms with Gasteiger partial charge in [-0.15, -0.1) is 12.4 Å². The molecule has 3 fully saturated rings. The Kier molecular flexibility index (Phi) is 6.20. The van der Waals surface area contributed by atoms with Crippen molar-refractivity contribution >= 4 is 18.3 Å². The molecule has 2 aliphatic heterocycles. The first-order valence-electron chi connectivity index (χ1n) is 9.65. The maximum absolute atomic E-state index is 12.5. The van der Waals surface area contributed by atoms with Crippen molar-refractivity contribution in [2.24, 2.45) is 5.92 Å². The number of amides is 1. The van der Waals surface area contributed by atoms with E-state index in [1.54, 1.807) is 0 Å². The van der Waals surface area contributed by atoms with Crippen LogP contribution in [0.25, 0.3) is 0 Å². The van der Waals surface area contributed by atoms with Crippen LogP contribution < -0.4 is 5.32 Å². The summed E-state index contributed by atoms with van der Waals surface area (Å²) in [5.41, 5.74) is 0. The van der Waals surface area contributed by atoms with E-state index in [1.165, 1.54) is 12.8 Å². The van der Waals surface area contributed by atoms with Gasteiger partial charge in [0, 0.05) is 38.6 Å². The minimum Gasteiger partial charge on any atom is -0.339 e. The van der Waals surface area contributed by atoms with Crippen LogP contribution in [0, 0.1) is 5.92 Å². The maximum Gasteiger partial charge on any atom is 0.232 e. The van der Waals surface area contributed by atoms with Gasteiger partial charge in [0.25, 0.3) is 0 Å². The maximum atomic E-state index is 12.5. The molecule has 3 aliphatic rings. The molecular weight excluding hydrogens is 354 g/mol. The number of rotatable bonds is 3. The van der Waals surface area contributed by atoms with Crippen LogP contribution in [0.2, 0.25) is 0 Å². The third kappa shape index (κ3) is 3.89. The highest BCUT2D eigenvalue weighted by molar-refractivity contribution is 5.85. The van der Waals surface area contributed by atoms with Gasteiger partial charge in [-0.25, -0.2) is 0 Å². The van der Waals surface area contributed by atoms with E-state index >= 15 is 0 Å². The third-order valence-electron chi connectivity index (χ3n) is 6.20. The van der Waals surface area contributed by atoms with Gasteiger partial charge in [-0.1, -0.05) is 12.1 Å². The summed E-state index contributed by atoms with van der Waals surface area (Å²) in [5, 5.41) is 7.59. The zero-order chi connectivity index (χ0) is 17.4. The van der Waals surface area contributed by atoms with Crippen LogP contribution in [0.1, 0.15) is 62.7 Å². The molecule has 0 radical (unpaired) electrons. The van der Waals surface area contributed by atoms with Gasteiger partial charge in [-0.2, -0.15) is 4.98 Å². The van der Waals surface area contributed by atoms with Crippen molar-refractivity contribution in [3.8, 4) is 0 Å². The predicted molar refractivity (Wildman–Crippen MR) is 100 cm³/mol. The van der Waals surface area contributed by atoms with E-state index in [2.05, 4.69) is 39.2 Å². The third-order valence-corrected chi connectivity index (χ3v) is 6.20. The molecule has 1 N–H and O–H groups in total. The number of nitrogens with zero attached hydrogens (tertiary/aromatic N) is 4. The average Bonchev–Trinajstić information content (AvgIpc) is 3.23. The van der Waals surface area contributed by atoms with E-state index in [-0.39, 0.29) is 30.3 Å². The summed E-state index contributed by atoms with van der Waals surface area (Å²) >= 11 is 0. The summed E-state index contributed by atoms with van der Waals surface area (Å²) in [4.78, 5) is 21.5. The van der Waals surface area contributed by atoms with Crippen molar-refractivity contribution in [3.63, 3.8) is 0 Å². The number of halogens is 1. The standard InChI is InChI=1S/C18H29N5O2.ClH/c1-12-3-5-14(6-4-12)23-11-13(9-16(23)24)18-20-17(21-25-18)15-10-19-7-8-22(15)2;/h12-15,19H,3-11H2,1-2H3;1H. The average molecular weight is 384 g/mol. The van der Waals surface area contributed by atoms with Crippen LogP contribution >= 0.6 is 12.4 Å². The first kappa shape index (κ1) is 19.6. The number of likely N-dealkylation sites (N-methyl/N-ethyl adjacent to an activating group) is 1. The Morgan fingerprint density at radius 1 is 1.23 bits per heavy atom. The summed E-state index contributed by atoms with van der Waals surface area (Å²) in [6, 6.07) is 0.559. The lowest BCUT2D eigenvalue weighted by molar-refractivity contribution is -0.130. The lowest BCUT2D eigenvalue weighted by Gasteiger charge is -2.33. The van der Waals surface area contributed by atoms with E-state index in [0.29, 0.717) is 18.4 Å². The predicted octanol–water partition coefficient (Wildman–Crippen LogP) is 1.96. The van der Waals surface area contributed by atoms with Gasteiger partial charge in [-0.3, -0.25) is 9.69 Å². The minimum atomic E-state index is 0. The van der Waals surface area contributed by atoms with E-state index < -0.39 is 0 Å². The van der Waals surface area contributed by atoms with Crippen molar-refractivity contribution in [1.82, 2.24) is 25.3 Å². The highest BCUT2D eigenvalue weighted by Gasteiger charge is 2.39. The Balaban J connectivity index is 0.00000196. The van der Waals surface area contributed by atoms with Crippen molar-refractivity contribution in [1.29, 1.82) is 0 Å². The van der Waals surface area contributed by atoms with Crippen LogP contribution in [-0.4, -0.2) is 65.1 Å². The Labute approximate surface area is 161 Å². The lowest BCUT2D eigenvalue weighted by Crippen LogP contribution is -2.44. The van der Waals surface area contributed by atoms with E-state index in [0.717, 1.165) is 50.8 Å². The molecule has 2 unspecified atom stereocenters. The summed E-state index contributed by atoms with van der Waals surface area (Å²) < 4.78 is 5.56. The molecule has 3 heterocycles. The van der Waals surface area contributed by atoms with Crippen molar-refractivity contribution in [3.05, 3.63) is 11.7 Å². The molecule has 1 aromatic rings. The monoisotopic (exact) mass is 383 g/mol. The van der Waals surface area contributed by atoms with E-state index in [1.807, 2.05) is 0 Å². The van der Waals surface area contributed by atoms with Gasteiger partial charge in [-0.05, 0) is 38.6 Å². The normalized spacial score (nSPS) is 33.3. The molecule has 1 aromatic heterocycles. The van der Waals surface area contributed by atoms with E-state index in [4.69, 9.17) is 4.52 Å². The second kappa shape index (κ2) is 8.23. The highest BCUT2D eigenvalue weighted by atomic mass is 35.5. The van der Waals surface area contributed by atoms with Crippen LogP contribution in [0.15, 0.2) is 4.52 Å². The van der Waals surface area contributed by atoms with Gasteiger partial charge in [0.1, 0.15) is 0 Å². The Bertz CT molecular complexity index is 616. The molecule has 4 rings (SSSR count). The summed E-state index contributed by atoms with van der Waals surface area (Å²) in [5.74, 6) is 2.47. The number of aromatic nitrogens is 2. The number of carbonyl (C=O) groups excluding carboxylic acids is 1. The van der Waals surface area contributed by atoms with Crippen LogP contribution in [0.5, 0.6) is 0 Å². The van der Waals surface area contributed by atoms with Gasteiger partial charge >= 0.3 is 0 Å². The largest absolute Gasteiger partial charge is 0.339 e. The van der Waals surface area contributed by atoms with Crippen LogP contribution in [0.3, 0.4) is 0 Å². The Morgan fingerprint density at radius 2 is 2.00 bits per heavy atom. The quantitative estimate of drug-likeness (QED) is 0.860. The number of hydrogen-bond donors (Lipinski definition) is 1. The summed E-state index contributed by atoms with van der Waals surface area (Å²) in [7, 11) is 2.09. The Morgan fingerprint density at radius 3 is 2.73 bits per heavy atom. The minimum absolute atomic E-state index is 0. The molecule has 2 atom stereocenters. The number of likely N-dealkylation sites (tertiary alicyclic amines) is 1. The highest BCUT2D eigenvalue weighted by Crippen LogP contribution is 2.34. The molecule has 2 saturated heterocycles. The SMILES string of the molecule is CC1CCC(N2CC(c3nc(C4CNCCN4C)no3)CC2=O)CC1.Cl. The van der Waals surface area contributed by atoms with Crippen molar-refractivity contribution in [2.75, 3.05) is 33.2 Å². The first-order valence-corrected chi connectivity index (χ1v) is 9.65. The smallest absolute Gasteiger partial charge is 0.232 e. The number of carbonyl (C=O) groups is 1. The zero-order valence-electron chi connectivity index (χ0n) is 15.7. The van der Waals surface area contributed by atoms with Crippen molar-refractivity contribution < 1.29 is 9.32 Å². The number of hydrogen-bond acceptors (Lipinski definition) is 6. The van der Waals surface area contributed by atoms with E-state index in [9.17, 15) is 4.79 Å². The fraction of sp³-hybridized carbons (Fsp3) is 0.833. The molecule has 146 valence electrons. The topological polar surface area (TPSA) is 74.5 Å². The second-order valence-electron chi connectivity index (χ2n) is 8.05. The molecule has 7 nitrogen and oxygen atoms in total. The molecule has 1 aliphatic carbocycles. The number of nitrogens with one attached hydrogen (secondary N) is 1. The van der Waals surface area contributed by atoms with Crippen molar-refractivity contribution in [2.45, 2.75) is 57.0 Å². The second-order valence-corrected chi connectivity index (χ2v) is 8.05. The molecule has 1 amide bonds. The zero-order valence-corrected chi connectivity index (χ0v) is 16.5. The van der Waals surface area contributed by atoms with Crippen LogP contribution in [0.4, 0.5) is 0 Å². The fourth-order valence-electron chi connectivity index (χ4n) is 4.45. The van der Waals surface area contributed by atoms with Gasteiger partial charge in [0.2, 0.25) is 11.8 Å². The molecular formula is C18H30ClN5O2. The molecule has 0 spiro atoms.